The molecular weight excluding hydrogens is 338 g/mol. The summed E-state index contributed by atoms with van der Waals surface area (Å²) in [7, 11) is 1.98. The Morgan fingerprint density at radius 3 is 2.80 bits per heavy atom. The zero-order valence-electron chi connectivity index (χ0n) is 12.0. The zero-order valence-corrected chi connectivity index (χ0v) is 14.3. The fourth-order valence-corrected chi connectivity index (χ4v) is 3.11. The number of aromatic nitrogens is 2. The highest BCUT2D eigenvalue weighted by Gasteiger charge is 2.13. The Balaban J connectivity index is 2.07. The molecule has 5 heteroatoms. The summed E-state index contributed by atoms with van der Waals surface area (Å²) in [5.74, 6) is 0. The minimum atomic E-state index is 0.237. The van der Waals surface area contributed by atoms with Crippen molar-refractivity contribution in [3.8, 4) is 0 Å². The molecule has 1 aromatic heterocycles. The van der Waals surface area contributed by atoms with E-state index in [1.165, 1.54) is 5.56 Å². The third kappa shape index (κ3) is 3.43. The fraction of sp³-hybridized carbons (Fsp3) is 0.400. The minimum Gasteiger partial charge on any atom is -0.305 e. The van der Waals surface area contributed by atoms with Gasteiger partial charge >= 0.3 is 0 Å². The van der Waals surface area contributed by atoms with E-state index in [2.05, 4.69) is 46.3 Å². The lowest BCUT2D eigenvalue weighted by molar-refractivity contribution is 0.547. The van der Waals surface area contributed by atoms with Gasteiger partial charge in [0.1, 0.15) is 0 Å². The second-order valence-corrected chi connectivity index (χ2v) is 6.07. The third-order valence-electron chi connectivity index (χ3n) is 3.43. The Labute approximate surface area is 133 Å². The van der Waals surface area contributed by atoms with Gasteiger partial charge in [-0.2, -0.15) is 5.10 Å². The summed E-state index contributed by atoms with van der Waals surface area (Å²) in [5, 5.41) is 8.78. The molecule has 1 unspecified atom stereocenters. The van der Waals surface area contributed by atoms with Gasteiger partial charge in [-0.1, -0.05) is 30.7 Å². The molecule has 2 rings (SSSR count). The Bertz CT molecular complexity index is 595. The van der Waals surface area contributed by atoms with E-state index in [1.807, 2.05) is 29.9 Å². The molecule has 0 fully saturated rings. The van der Waals surface area contributed by atoms with Gasteiger partial charge in [-0.05, 0) is 47.0 Å². The number of halogens is 2. The van der Waals surface area contributed by atoms with Gasteiger partial charge < -0.3 is 5.32 Å². The van der Waals surface area contributed by atoms with Crippen molar-refractivity contribution in [2.45, 2.75) is 32.9 Å². The lowest BCUT2D eigenvalue weighted by atomic mass is 10.1. The number of nitrogens with zero attached hydrogens (tertiary/aromatic N) is 2. The maximum atomic E-state index is 6.03. The first-order valence-corrected chi connectivity index (χ1v) is 7.89. The molecule has 0 radical (unpaired) electrons. The molecule has 0 aliphatic rings. The Morgan fingerprint density at radius 2 is 2.20 bits per heavy atom. The van der Waals surface area contributed by atoms with E-state index in [9.17, 15) is 0 Å². The van der Waals surface area contributed by atoms with Crippen LogP contribution in [0.2, 0.25) is 5.02 Å². The summed E-state index contributed by atoms with van der Waals surface area (Å²) in [5.41, 5.74) is 3.45. The largest absolute Gasteiger partial charge is 0.305 e. The Kier molecular flexibility index (Phi) is 5.24. The van der Waals surface area contributed by atoms with Crippen LogP contribution in [0.1, 0.15) is 36.8 Å². The van der Waals surface area contributed by atoms with E-state index in [4.69, 9.17) is 11.6 Å². The molecule has 1 aromatic carbocycles. The van der Waals surface area contributed by atoms with Gasteiger partial charge in [0.15, 0.2) is 0 Å². The smallest absolute Gasteiger partial charge is 0.0767 e. The summed E-state index contributed by atoms with van der Waals surface area (Å²) in [6, 6.07) is 8.18. The lowest BCUT2D eigenvalue weighted by Crippen LogP contribution is -2.20. The minimum absolute atomic E-state index is 0.237. The van der Waals surface area contributed by atoms with Gasteiger partial charge in [-0.3, -0.25) is 4.68 Å². The van der Waals surface area contributed by atoms with E-state index >= 15 is 0 Å². The molecule has 3 nitrogen and oxygen atoms in total. The van der Waals surface area contributed by atoms with Crippen LogP contribution >= 0.6 is 27.5 Å². The van der Waals surface area contributed by atoms with Crippen molar-refractivity contribution in [3.05, 3.63) is 50.7 Å². The molecule has 0 bridgehead atoms. The van der Waals surface area contributed by atoms with E-state index in [0.717, 1.165) is 33.8 Å². The topological polar surface area (TPSA) is 29.9 Å². The second-order valence-electron chi connectivity index (χ2n) is 4.84. The van der Waals surface area contributed by atoms with Gasteiger partial charge in [-0.25, -0.2) is 0 Å². The van der Waals surface area contributed by atoms with Crippen LogP contribution in [-0.2, 0) is 20.0 Å². The molecule has 20 heavy (non-hydrogen) atoms. The van der Waals surface area contributed by atoms with Crippen LogP contribution in [0.5, 0.6) is 0 Å². The summed E-state index contributed by atoms with van der Waals surface area (Å²) >= 11 is 9.67. The maximum Gasteiger partial charge on any atom is 0.0767 e. The van der Waals surface area contributed by atoms with Gasteiger partial charge in [0, 0.05) is 24.7 Å². The van der Waals surface area contributed by atoms with Crippen LogP contribution in [-0.4, -0.2) is 9.78 Å². The summed E-state index contributed by atoms with van der Waals surface area (Å²) in [4.78, 5) is 0. The fourth-order valence-electron chi connectivity index (χ4n) is 2.16. The highest BCUT2D eigenvalue weighted by molar-refractivity contribution is 9.10. The summed E-state index contributed by atoms with van der Waals surface area (Å²) < 4.78 is 3.04. The van der Waals surface area contributed by atoms with Crippen LogP contribution in [0, 0.1) is 0 Å². The van der Waals surface area contributed by atoms with E-state index < -0.39 is 0 Å². The molecule has 0 aliphatic heterocycles. The number of aryl methyl sites for hydroxylation is 2. The normalized spacial score (nSPS) is 12.7. The van der Waals surface area contributed by atoms with Crippen LogP contribution < -0.4 is 5.32 Å². The second kappa shape index (κ2) is 6.74. The summed E-state index contributed by atoms with van der Waals surface area (Å²) in [6.45, 7) is 5.01. The molecule has 0 aliphatic carbocycles. The van der Waals surface area contributed by atoms with Crippen LogP contribution in [0.4, 0.5) is 0 Å². The van der Waals surface area contributed by atoms with Crippen molar-refractivity contribution in [1.29, 1.82) is 0 Å². The predicted octanol–water partition coefficient (Wildman–Crippen LogP) is 4.25. The van der Waals surface area contributed by atoms with Crippen LogP contribution in [0.25, 0.3) is 0 Å². The first kappa shape index (κ1) is 15.5. The first-order chi connectivity index (χ1) is 9.52. The van der Waals surface area contributed by atoms with Crippen LogP contribution in [0.3, 0.4) is 0 Å². The van der Waals surface area contributed by atoms with Crippen molar-refractivity contribution in [2.75, 3.05) is 0 Å². The summed E-state index contributed by atoms with van der Waals surface area (Å²) in [6.07, 6.45) is 0.929. The molecule has 0 amide bonds. The Hall–Kier alpha value is -0.840. The van der Waals surface area contributed by atoms with E-state index in [-0.39, 0.29) is 6.04 Å². The first-order valence-electron chi connectivity index (χ1n) is 6.72. The number of rotatable bonds is 5. The van der Waals surface area contributed by atoms with Gasteiger partial charge in [0.25, 0.3) is 0 Å². The van der Waals surface area contributed by atoms with Crippen molar-refractivity contribution in [3.63, 3.8) is 0 Å². The molecule has 1 N–H and O–H groups in total. The lowest BCUT2D eigenvalue weighted by Gasteiger charge is -2.15. The molecule has 2 aromatic rings. The molecule has 1 atom stereocenters. The highest BCUT2D eigenvalue weighted by Crippen LogP contribution is 2.23. The standard InChI is InChI=1S/C15H19BrClN3/c1-4-13-15(16)14(20(3)19-13)9-18-10(2)11-6-5-7-12(17)8-11/h5-8,10,18H,4,9H2,1-3H3. The van der Waals surface area contributed by atoms with Crippen molar-refractivity contribution in [1.82, 2.24) is 15.1 Å². The van der Waals surface area contributed by atoms with Crippen molar-refractivity contribution >= 4 is 27.5 Å². The highest BCUT2D eigenvalue weighted by atomic mass is 79.9. The Morgan fingerprint density at radius 1 is 1.45 bits per heavy atom. The molecule has 0 saturated carbocycles. The van der Waals surface area contributed by atoms with Crippen molar-refractivity contribution in [2.24, 2.45) is 7.05 Å². The maximum absolute atomic E-state index is 6.03. The SMILES string of the molecule is CCc1nn(C)c(CNC(C)c2cccc(Cl)c2)c1Br. The van der Waals surface area contributed by atoms with Crippen LogP contribution in [0.15, 0.2) is 28.7 Å². The van der Waals surface area contributed by atoms with Gasteiger partial charge in [0.05, 0.1) is 15.9 Å². The quantitative estimate of drug-likeness (QED) is 0.868. The zero-order chi connectivity index (χ0) is 14.7. The molecule has 0 spiro atoms. The van der Waals surface area contributed by atoms with Crippen molar-refractivity contribution < 1.29 is 0 Å². The number of nitrogens with one attached hydrogen (secondary N) is 1. The predicted molar refractivity (Wildman–Crippen MR) is 87.0 cm³/mol. The monoisotopic (exact) mass is 355 g/mol. The van der Waals surface area contributed by atoms with E-state index in [0.29, 0.717) is 0 Å². The van der Waals surface area contributed by atoms with E-state index in [1.54, 1.807) is 0 Å². The molecule has 1 heterocycles. The molecule has 108 valence electrons. The third-order valence-corrected chi connectivity index (χ3v) is 4.58. The molecular formula is C15H19BrClN3. The molecule has 0 saturated heterocycles. The van der Waals surface area contributed by atoms with Gasteiger partial charge in [-0.15, -0.1) is 0 Å². The average molecular weight is 357 g/mol. The number of hydrogen-bond donors (Lipinski definition) is 1. The number of hydrogen-bond acceptors (Lipinski definition) is 2. The average Bonchev–Trinajstić information content (AvgIpc) is 2.71. The number of benzene rings is 1. The van der Waals surface area contributed by atoms with Gasteiger partial charge in [0.2, 0.25) is 0 Å².